The summed E-state index contributed by atoms with van der Waals surface area (Å²) in [6, 6.07) is 22.6. The van der Waals surface area contributed by atoms with E-state index in [-0.39, 0.29) is 0 Å². The fraction of sp³-hybridized carbons (Fsp3) is 0.0526. The molecular formula is C19H15NO. The van der Waals surface area contributed by atoms with Crippen LogP contribution in [-0.4, -0.2) is 0 Å². The molecule has 0 saturated heterocycles. The molecule has 0 fully saturated rings. The average Bonchev–Trinajstić information content (AvgIpc) is 2.89. The van der Waals surface area contributed by atoms with Gasteiger partial charge in [-0.25, -0.2) is 0 Å². The lowest BCUT2D eigenvalue weighted by atomic mass is 10.1. The molecule has 1 heterocycles. The van der Waals surface area contributed by atoms with Crippen molar-refractivity contribution in [1.82, 2.24) is 0 Å². The molecular weight excluding hydrogens is 258 g/mol. The van der Waals surface area contributed by atoms with E-state index in [1.54, 1.807) is 0 Å². The molecule has 21 heavy (non-hydrogen) atoms. The molecule has 0 aliphatic heterocycles. The van der Waals surface area contributed by atoms with Gasteiger partial charge in [0.15, 0.2) is 0 Å². The summed E-state index contributed by atoms with van der Waals surface area (Å²) < 4.78 is 5.92. The van der Waals surface area contributed by atoms with Crippen LogP contribution in [0, 0.1) is 6.92 Å². The molecule has 0 aliphatic carbocycles. The lowest BCUT2D eigenvalue weighted by Gasteiger charge is -2.10. The normalized spacial score (nSPS) is 11.1. The van der Waals surface area contributed by atoms with E-state index < -0.39 is 0 Å². The van der Waals surface area contributed by atoms with Crippen LogP contribution in [-0.2, 0) is 0 Å². The van der Waals surface area contributed by atoms with E-state index >= 15 is 0 Å². The molecule has 4 aromatic rings. The third kappa shape index (κ3) is 1.96. The number of nitrogens with one attached hydrogen (secondary N) is 1. The smallest absolute Gasteiger partial charge is 0.137 e. The molecule has 102 valence electrons. The number of fused-ring (bicyclic) bond motifs is 3. The van der Waals surface area contributed by atoms with Crippen LogP contribution in [0.15, 0.2) is 71.1 Å². The van der Waals surface area contributed by atoms with Crippen molar-refractivity contribution in [3.8, 4) is 0 Å². The van der Waals surface area contributed by atoms with E-state index in [2.05, 4.69) is 36.5 Å². The number of hydrogen-bond donors (Lipinski definition) is 1. The fourth-order valence-corrected chi connectivity index (χ4v) is 2.74. The van der Waals surface area contributed by atoms with Crippen LogP contribution in [0.1, 0.15) is 5.56 Å². The van der Waals surface area contributed by atoms with E-state index in [4.69, 9.17) is 4.42 Å². The van der Waals surface area contributed by atoms with Crippen LogP contribution in [0.4, 0.5) is 11.4 Å². The average molecular weight is 273 g/mol. The van der Waals surface area contributed by atoms with Gasteiger partial charge in [0, 0.05) is 11.1 Å². The summed E-state index contributed by atoms with van der Waals surface area (Å²) in [5.74, 6) is 0. The van der Waals surface area contributed by atoms with Crippen molar-refractivity contribution in [1.29, 1.82) is 0 Å². The number of anilines is 2. The van der Waals surface area contributed by atoms with E-state index in [1.165, 1.54) is 5.56 Å². The largest absolute Gasteiger partial charge is 0.456 e. The van der Waals surface area contributed by atoms with Gasteiger partial charge in [-0.1, -0.05) is 42.5 Å². The van der Waals surface area contributed by atoms with Gasteiger partial charge in [-0.05, 0) is 36.8 Å². The highest BCUT2D eigenvalue weighted by Crippen LogP contribution is 2.35. The van der Waals surface area contributed by atoms with Gasteiger partial charge >= 0.3 is 0 Å². The summed E-state index contributed by atoms with van der Waals surface area (Å²) in [7, 11) is 0. The molecule has 0 aliphatic rings. The fourth-order valence-electron chi connectivity index (χ4n) is 2.74. The van der Waals surface area contributed by atoms with Gasteiger partial charge in [-0.2, -0.15) is 0 Å². The Labute approximate surface area is 123 Å². The summed E-state index contributed by atoms with van der Waals surface area (Å²) in [4.78, 5) is 0. The van der Waals surface area contributed by atoms with E-state index in [9.17, 15) is 0 Å². The predicted molar refractivity (Wildman–Crippen MR) is 88.2 cm³/mol. The maximum atomic E-state index is 5.92. The van der Waals surface area contributed by atoms with Crippen molar-refractivity contribution in [3.05, 3.63) is 72.3 Å². The SMILES string of the molecule is Cc1ccccc1Nc1cccc2oc3ccccc3c12. The molecule has 0 bridgehead atoms. The van der Waals surface area contributed by atoms with Gasteiger partial charge < -0.3 is 9.73 Å². The van der Waals surface area contributed by atoms with E-state index in [0.717, 1.165) is 33.3 Å². The van der Waals surface area contributed by atoms with Crippen LogP contribution < -0.4 is 5.32 Å². The zero-order valence-electron chi connectivity index (χ0n) is 11.8. The van der Waals surface area contributed by atoms with E-state index in [0.29, 0.717) is 0 Å². The monoisotopic (exact) mass is 273 g/mol. The van der Waals surface area contributed by atoms with Crippen LogP contribution in [0.2, 0.25) is 0 Å². The van der Waals surface area contributed by atoms with Crippen LogP contribution in [0.3, 0.4) is 0 Å². The summed E-state index contributed by atoms with van der Waals surface area (Å²) in [5, 5.41) is 5.81. The highest BCUT2D eigenvalue weighted by Gasteiger charge is 2.10. The maximum absolute atomic E-state index is 5.92. The first-order chi connectivity index (χ1) is 10.3. The molecule has 0 radical (unpaired) electrons. The molecule has 2 nitrogen and oxygen atoms in total. The second kappa shape index (κ2) is 4.67. The summed E-state index contributed by atoms with van der Waals surface area (Å²) in [6.45, 7) is 2.11. The molecule has 4 rings (SSSR count). The first-order valence-electron chi connectivity index (χ1n) is 7.06. The van der Waals surface area contributed by atoms with E-state index in [1.807, 2.05) is 42.5 Å². The van der Waals surface area contributed by atoms with Gasteiger partial charge in [0.2, 0.25) is 0 Å². The second-order valence-corrected chi connectivity index (χ2v) is 5.22. The topological polar surface area (TPSA) is 25.2 Å². The van der Waals surface area contributed by atoms with Crippen LogP contribution >= 0.6 is 0 Å². The van der Waals surface area contributed by atoms with Gasteiger partial charge in [0.25, 0.3) is 0 Å². The quantitative estimate of drug-likeness (QED) is 0.511. The minimum absolute atomic E-state index is 0.912. The number of para-hydroxylation sites is 2. The second-order valence-electron chi connectivity index (χ2n) is 5.22. The lowest BCUT2D eigenvalue weighted by Crippen LogP contribution is -1.93. The van der Waals surface area contributed by atoms with Gasteiger partial charge in [-0.15, -0.1) is 0 Å². The Bertz CT molecular complexity index is 937. The van der Waals surface area contributed by atoms with Crippen molar-refractivity contribution in [2.24, 2.45) is 0 Å². The number of benzene rings is 3. The highest BCUT2D eigenvalue weighted by molar-refractivity contribution is 6.11. The third-order valence-corrected chi connectivity index (χ3v) is 3.82. The maximum Gasteiger partial charge on any atom is 0.137 e. The van der Waals surface area contributed by atoms with Crippen LogP contribution in [0.25, 0.3) is 21.9 Å². The molecule has 0 saturated carbocycles. The van der Waals surface area contributed by atoms with Gasteiger partial charge in [0.1, 0.15) is 11.2 Å². The Balaban J connectivity index is 1.94. The van der Waals surface area contributed by atoms with Crippen LogP contribution in [0.5, 0.6) is 0 Å². The van der Waals surface area contributed by atoms with Gasteiger partial charge in [-0.3, -0.25) is 0 Å². The predicted octanol–water partition coefficient (Wildman–Crippen LogP) is 5.64. The first-order valence-corrected chi connectivity index (χ1v) is 7.06. The van der Waals surface area contributed by atoms with Crippen molar-refractivity contribution < 1.29 is 4.42 Å². The molecule has 0 spiro atoms. The molecule has 2 heteroatoms. The molecule has 0 unspecified atom stereocenters. The number of rotatable bonds is 2. The van der Waals surface area contributed by atoms with Crippen molar-refractivity contribution >= 4 is 33.3 Å². The number of aryl methyl sites for hydroxylation is 1. The zero-order valence-corrected chi connectivity index (χ0v) is 11.8. The lowest BCUT2D eigenvalue weighted by molar-refractivity contribution is 0.669. The minimum Gasteiger partial charge on any atom is -0.456 e. The van der Waals surface area contributed by atoms with Crippen molar-refractivity contribution in [2.45, 2.75) is 6.92 Å². The summed E-state index contributed by atoms with van der Waals surface area (Å²) in [6.07, 6.45) is 0. The molecule has 0 amide bonds. The Kier molecular flexibility index (Phi) is 2.68. The highest BCUT2D eigenvalue weighted by atomic mass is 16.3. The Hall–Kier alpha value is -2.74. The van der Waals surface area contributed by atoms with Crippen molar-refractivity contribution in [2.75, 3.05) is 5.32 Å². The third-order valence-electron chi connectivity index (χ3n) is 3.82. The van der Waals surface area contributed by atoms with Gasteiger partial charge in [0.05, 0.1) is 11.1 Å². The molecule has 0 atom stereocenters. The Morgan fingerprint density at radius 2 is 1.43 bits per heavy atom. The standard InChI is InChI=1S/C19H15NO/c1-13-7-2-4-9-15(13)20-16-10-6-12-18-19(16)14-8-3-5-11-17(14)21-18/h2-12,20H,1H3. The number of furan rings is 1. The van der Waals surface area contributed by atoms with Crippen molar-refractivity contribution in [3.63, 3.8) is 0 Å². The molecule has 1 aromatic heterocycles. The minimum atomic E-state index is 0.912. The Morgan fingerprint density at radius 3 is 2.33 bits per heavy atom. The molecule has 3 aromatic carbocycles. The number of hydrogen-bond acceptors (Lipinski definition) is 2. The summed E-state index contributed by atoms with van der Waals surface area (Å²) in [5.41, 5.74) is 5.26. The first kappa shape index (κ1) is 12.0. The Morgan fingerprint density at radius 1 is 0.714 bits per heavy atom. The zero-order chi connectivity index (χ0) is 14.2. The molecule has 1 N–H and O–H groups in total. The summed E-state index contributed by atoms with van der Waals surface area (Å²) >= 11 is 0.